The van der Waals surface area contributed by atoms with Crippen molar-refractivity contribution in [3.8, 4) is 0 Å². The molecular weight excluding hydrogens is 331 g/mol. The summed E-state index contributed by atoms with van der Waals surface area (Å²) < 4.78 is 5.26. The van der Waals surface area contributed by atoms with Crippen molar-refractivity contribution in [2.75, 3.05) is 11.8 Å². The van der Waals surface area contributed by atoms with Gasteiger partial charge in [-0.15, -0.1) is 23.2 Å². The molecule has 3 amide bonds. The summed E-state index contributed by atoms with van der Waals surface area (Å²) in [5.74, 6) is -1.76. The highest BCUT2D eigenvalue weighted by Gasteiger charge is 2.36. The van der Waals surface area contributed by atoms with E-state index in [0.717, 1.165) is 11.1 Å². The highest BCUT2D eigenvalue weighted by Crippen LogP contribution is 2.33. The molecular formula is C14H14Cl2N2O4. The number of halogens is 2. The molecule has 1 aliphatic rings. The average molecular weight is 345 g/mol. The zero-order valence-corrected chi connectivity index (χ0v) is 13.0. The zero-order valence-electron chi connectivity index (χ0n) is 11.5. The van der Waals surface area contributed by atoms with Gasteiger partial charge in [-0.2, -0.15) is 0 Å². The van der Waals surface area contributed by atoms with Crippen LogP contribution in [0.3, 0.4) is 0 Å². The third-order valence-corrected chi connectivity index (χ3v) is 3.70. The minimum atomic E-state index is -0.695. The number of carbonyl (C=O) groups excluding carboxylic acids is 3. The molecule has 2 N–H and O–H groups in total. The first-order chi connectivity index (χ1) is 10.5. The Morgan fingerprint density at radius 2 is 1.91 bits per heavy atom. The summed E-state index contributed by atoms with van der Waals surface area (Å²) in [6.45, 7) is 0. The van der Waals surface area contributed by atoms with E-state index >= 15 is 0 Å². The van der Waals surface area contributed by atoms with Crippen LogP contribution in [0.25, 0.3) is 0 Å². The second-order valence-electron chi connectivity index (χ2n) is 4.70. The number of alkyl halides is 2. The first kappa shape index (κ1) is 16.6. The van der Waals surface area contributed by atoms with Crippen molar-refractivity contribution in [3.63, 3.8) is 0 Å². The number of fused-ring (bicyclic) bond motifs is 1. The first-order valence-electron chi connectivity index (χ1n) is 6.54. The molecule has 0 saturated heterocycles. The summed E-state index contributed by atoms with van der Waals surface area (Å²) in [7, 11) is 0. The van der Waals surface area contributed by atoms with Crippen LogP contribution in [0, 0.1) is 0 Å². The van der Waals surface area contributed by atoms with E-state index in [1.807, 2.05) is 24.3 Å². The number of benzene rings is 1. The third kappa shape index (κ3) is 3.90. The van der Waals surface area contributed by atoms with E-state index in [2.05, 4.69) is 10.6 Å². The number of carbonyl (C=O) groups is 3. The predicted molar refractivity (Wildman–Crippen MR) is 80.9 cm³/mol. The van der Waals surface area contributed by atoms with Crippen LogP contribution in [-0.4, -0.2) is 35.8 Å². The van der Waals surface area contributed by atoms with Crippen molar-refractivity contribution in [1.82, 2.24) is 10.6 Å². The number of esters is 1. The molecule has 0 radical (unpaired) electrons. The Labute approximate surface area is 137 Å². The normalized spacial score (nSPS) is 19.2. The fourth-order valence-electron chi connectivity index (χ4n) is 2.38. The van der Waals surface area contributed by atoms with Gasteiger partial charge >= 0.3 is 12.0 Å². The van der Waals surface area contributed by atoms with E-state index < -0.39 is 30.1 Å². The van der Waals surface area contributed by atoms with E-state index in [-0.39, 0.29) is 11.8 Å². The van der Waals surface area contributed by atoms with Crippen LogP contribution in [0.5, 0.6) is 0 Å². The third-order valence-electron chi connectivity index (χ3n) is 3.24. The lowest BCUT2D eigenvalue weighted by Gasteiger charge is -2.21. The van der Waals surface area contributed by atoms with Crippen molar-refractivity contribution in [3.05, 3.63) is 35.4 Å². The summed E-state index contributed by atoms with van der Waals surface area (Å²) in [6.07, 6.45) is -0.104. The Morgan fingerprint density at radius 3 is 2.59 bits per heavy atom. The van der Waals surface area contributed by atoms with Gasteiger partial charge in [-0.3, -0.25) is 14.9 Å². The molecule has 2 atom stereocenters. The second-order valence-corrected chi connectivity index (χ2v) is 5.23. The Hall–Kier alpha value is -1.79. The number of hydrogen-bond acceptors (Lipinski definition) is 4. The average Bonchev–Trinajstić information content (AvgIpc) is 2.84. The van der Waals surface area contributed by atoms with Gasteiger partial charge in [0.15, 0.2) is 0 Å². The van der Waals surface area contributed by atoms with E-state index in [9.17, 15) is 14.4 Å². The molecule has 0 spiro atoms. The Morgan fingerprint density at radius 1 is 1.18 bits per heavy atom. The van der Waals surface area contributed by atoms with Crippen molar-refractivity contribution in [1.29, 1.82) is 0 Å². The van der Waals surface area contributed by atoms with Gasteiger partial charge in [0.1, 0.15) is 17.9 Å². The van der Waals surface area contributed by atoms with Crippen LogP contribution in [-0.2, 0) is 20.7 Å². The fourth-order valence-corrected chi connectivity index (χ4v) is 2.51. The Balaban J connectivity index is 2.13. The standard InChI is InChI=1S/C14H14Cl2N2O4/c15-6-11(19)17-14(21)18-13-9-4-2-1-3-8(9)5-10(13)22-12(20)7-16/h1-4,10,13H,5-7H2,(H2,17,18,19,21)/t10-,13+/m0/s1. The lowest BCUT2D eigenvalue weighted by molar-refractivity contribution is -0.146. The SMILES string of the molecule is O=C(CCl)NC(=O)N[C@@H]1c2ccccc2C[C@@H]1OC(=O)CCl. The highest BCUT2D eigenvalue weighted by molar-refractivity contribution is 6.28. The molecule has 0 heterocycles. The number of ether oxygens (including phenoxy) is 1. The maximum Gasteiger partial charge on any atom is 0.322 e. The van der Waals surface area contributed by atoms with Crippen LogP contribution < -0.4 is 10.6 Å². The maximum atomic E-state index is 11.8. The van der Waals surface area contributed by atoms with Gasteiger partial charge in [0.25, 0.3) is 0 Å². The molecule has 1 aromatic rings. The van der Waals surface area contributed by atoms with E-state index in [1.165, 1.54) is 0 Å². The fraction of sp³-hybridized carbons (Fsp3) is 0.357. The second kappa shape index (κ2) is 7.47. The molecule has 1 aliphatic carbocycles. The van der Waals surface area contributed by atoms with Gasteiger partial charge in [0.2, 0.25) is 5.91 Å². The smallest absolute Gasteiger partial charge is 0.322 e. The van der Waals surface area contributed by atoms with Gasteiger partial charge in [-0.05, 0) is 11.1 Å². The van der Waals surface area contributed by atoms with Gasteiger partial charge < -0.3 is 10.1 Å². The van der Waals surface area contributed by atoms with Crippen LogP contribution in [0.4, 0.5) is 4.79 Å². The van der Waals surface area contributed by atoms with Gasteiger partial charge in [0.05, 0.1) is 6.04 Å². The summed E-state index contributed by atoms with van der Waals surface area (Å²) in [4.78, 5) is 34.4. The minimum absolute atomic E-state index is 0.267. The van der Waals surface area contributed by atoms with Gasteiger partial charge in [-0.25, -0.2) is 4.79 Å². The van der Waals surface area contributed by atoms with E-state index in [0.29, 0.717) is 6.42 Å². The lowest BCUT2D eigenvalue weighted by atomic mass is 10.1. The van der Waals surface area contributed by atoms with Gasteiger partial charge in [0, 0.05) is 6.42 Å². The maximum absolute atomic E-state index is 11.8. The van der Waals surface area contributed by atoms with Crippen LogP contribution in [0.15, 0.2) is 24.3 Å². The first-order valence-corrected chi connectivity index (χ1v) is 7.61. The molecule has 22 heavy (non-hydrogen) atoms. The molecule has 0 aromatic heterocycles. The molecule has 1 aromatic carbocycles. The minimum Gasteiger partial charge on any atom is -0.459 e. The summed E-state index contributed by atoms with van der Waals surface area (Å²) >= 11 is 10.8. The number of imide groups is 1. The van der Waals surface area contributed by atoms with Crippen molar-refractivity contribution < 1.29 is 19.1 Å². The van der Waals surface area contributed by atoms with Crippen LogP contribution in [0.2, 0.25) is 0 Å². The molecule has 2 rings (SSSR count). The van der Waals surface area contributed by atoms with Crippen molar-refractivity contribution in [2.24, 2.45) is 0 Å². The number of urea groups is 1. The number of nitrogens with one attached hydrogen (secondary N) is 2. The summed E-state index contributed by atoms with van der Waals surface area (Å²) in [6, 6.07) is 6.16. The van der Waals surface area contributed by atoms with Crippen molar-refractivity contribution >= 4 is 41.1 Å². The van der Waals surface area contributed by atoms with Crippen LogP contribution in [0.1, 0.15) is 17.2 Å². The molecule has 118 valence electrons. The molecule has 0 saturated carbocycles. The largest absolute Gasteiger partial charge is 0.459 e. The molecule has 0 bridgehead atoms. The monoisotopic (exact) mass is 344 g/mol. The molecule has 6 nitrogen and oxygen atoms in total. The molecule has 0 aliphatic heterocycles. The van der Waals surface area contributed by atoms with Crippen LogP contribution >= 0.6 is 23.2 Å². The Kier molecular flexibility index (Phi) is 5.63. The quantitative estimate of drug-likeness (QED) is 0.640. The molecule has 0 fully saturated rings. The topological polar surface area (TPSA) is 84.5 Å². The lowest BCUT2D eigenvalue weighted by Crippen LogP contribution is -2.44. The predicted octanol–water partition coefficient (Wildman–Crippen LogP) is 1.50. The summed E-state index contributed by atoms with van der Waals surface area (Å²) in [5, 5.41) is 4.72. The Bertz CT molecular complexity index is 594. The number of hydrogen-bond donors (Lipinski definition) is 2. The zero-order chi connectivity index (χ0) is 16.1. The van der Waals surface area contributed by atoms with E-state index in [4.69, 9.17) is 27.9 Å². The highest BCUT2D eigenvalue weighted by atomic mass is 35.5. The van der Waals surface area contributed by atoms with Gasteiger partial charge in [-0.1, -0.05) is 24.3 Å². The number of amides is 3. The molecule has 8 heteroatoms. The van der Waals surface area contributed by atoms with E-state index in [1.54, 1.807) is 0 Å². The van der Waals surface area contributed by atoms with Crippen molar-refractivity contribution in [2.45, 2.75) is 18.6 Å². The summed E-state index contributed by atoms with van der Waals surface area (Å²) in [5.41, 5.74) is 1.80. The number of rotatable bonds is 4. The molecule has 0 unspecified atom stereocenters.